The van der Waals surface area contributed by atoms with Gasteiger partial charge in [0.05, 0.1) is 0 Å². The Morgan fingerprint density at radius 1 is 1.17 bits per heavy atom. The minimum Gasteiger partial charge on any atom is -0.355 e. The van der Waals surface area contributed by atoms with E-state index < -0.39 is 0 Å². The van der Waals surface area contributed by atoms with E-state index >= 15 is 0 Å². The highest BCUT2D eigenvalue weighted by molar-refractivity contribution is 5.84. The zero-order valence-corrected chi connectivity index (χ0v) is 15.1. The molecular weight excluding hydrogens is 290 g/mol. The Morgan fingerprint density at radius 2 is 1.91 bits per heavy atom. The van der Waals surface area contributed by atoms with E-state index in [0.29, 0.717) is 6.04 Å². The minimum atomic E-state index is 0.0531. The molecule has 1 atom stereocenters. The monoisotopic (exact) mass is 323 g/mol. The van der Waals surface area contributed by atoms with Crippen LogP contribution in [-0.4, -0.2) is 86.0 Å². The Labute approximate surface area is 140 Å². The lowest BCUT2D eigenvalue weighted by molar-refractivity contribution is -0.127. The molecule has 6 heteroatoms. The summed E-state index contributed by atoms with van der Waals surface area (Å²) in [4.78, 5) is 22.9. The SMILES string of the molecule is CCN1CCCC1CNC(=NCC(=O)N(C)C)N1CCCCC1. The van der Waals surface area contributed by atoms with Crippen LogP contribution in [0.3, 0.4) is 0 Å². The van der Waals surface area contributed by atoms with Crippen molar-refractivity contribution in [3.63, 3.8) is 0 Å². The van der Waals surface area contributed by atoms with Crippen molar-refractivity contribution in [3.05, 3.63) is 0 Å². The second-order valence-corrected chi connectivity index (χ2v) is 6.78. The summed E-state index contributed by atoms with van der Waals surface area (Å²) in [6, 6.07) is 0.597. The number of hydrogen-bond donors (Lipinski definition) is 1. The number of likely N-dealkylation sites (N-methyl/N-ethyl adjacent to an activating group) is 2. The predicted octanol–water partition coefficient (Wildman–Crippen LogP) is 0.990. The van der Waals surface area contributed by atoms with Crippen molar-refractivity contribution < 1.29 is 4.79 Å². The first-order valence-corrected chi connectivity index (χ1v) is 9.09. The van der Waals surface area contributed by atoms with E-state index in [1.165, 1.54) is 38.6 Å². The molecule has 2 rings (SSSR count). The molecule has 0 bridgehead atoms. The van der Waals surface area contributed by atoms with Gasteiger partial charge in [-0.3, -0.25) is 9.69 Å². The maximum absolute atomic E-state index is 11.9. The minimum absolute atomic E-state index is 0.0531. The molecule has 2 fully saturated rings. The van der Waals surface area contributed by atoms with Crippen molar-refractivity contribution in [2.75, 3.05) is 53.4 Å². The summed E-state index contributed by atoms with van der Waals surface area (Å²) in [5, 5.41) is 3.55. The van der Waals surface area contributed by atoms with Gasteiger partial charge in [-0.05, 0) is 45.2 Å². The summed E-state index contributed by atoms with van der Waals surface area (Å²) < 4.78 is 0. The van der Waals surface area contributed by atoms with Crippen LogP contribution < -0.4 is 5.32 Å². The van der Waals surface area contributed by atoms with Gasteiger partial charge in [0.2, 0.25) is 5.91 Å². The highest BCUT2D eigenvalue weighted by Gasteiger charge is 2.24. The van der Waals surface area contributed by atoms with Crippen molar-refractivity contribution in [2.24, 2.45) is 4.99 Å². The second kappa shape index (κ2) is 9.11. The van der Waals surface area contributed by atoms with Gasteiger partial charge in [-0.25, -0.2) is 4.99 Å². The summed E-state index contributed by atoms with van der Waals surface area (Å²) in [5.41, 5.74) is 0. The third kappa shape index (κ3) is 5.37. The van der Waals surface area contributed by atoms with E-state index in [0.717, 1.165) is 32.1 Å². The summed E-state index contributed by atoms with van der Waals surface area (Å²) in [6.45, 7) is 7.80. The van der Waals surface area contributed by atoms with Crippen molar-refractivity contribution in [1.29, 1.82) is 0 Å². The molecule has 1 unspecified atom stereocenters. The molecule has 0 saturated carbocycles. The van der Waals surface area contributed by atoms with Crippen molar-refractivity contribution in [2.45, 2.75) is 45.1 Å². The number of carbonyl (C=O) groups is 1. The fraction of sp³-hybridized carbons (Fsp3) is 0.882. The number of nitrogens with zero attached hydrogens (tertiary/aromatic N) is 4. The van der Waals surface area contributed by atoms with Crippen molar-refractivity contribution in [3.8, 4) is 0 Å². The third-order valence-corrected chi connectivity index (χ3v) is 4.92. The molecule has 0 radical (unpaired) electrons. The summed E-state index contributed by atoms with van der Waals surface area (Å²) in [6.07, 6.45) is 6.27. The number of guanidine groups is 1. The van der Waals surface area contributed by atoms with Crippen LogP contribution in [0.4, 0.5) is 0 Å². The van der Waals surface area contributed by atoms with Gasteiger partial charge < -0.3 is 15.1 Å². The normalized spacial score (nSPS) is 23.2. The largest absolute Gasteiger partial charge is 0.355 e. The molecule has 0 aromatic carbocycles. The van der Waals surface area contributed by atoms with E-state index in [9.17, 15) is 4.79 Å². The smallest absolute Gasteiger partial charge is 0.243 e. The molecule has 1 N–H and O–H groups in total. The first-order chi connectivity index (χ1) is 11.1. The number of hydrogen-bond acceptors (Lipinski definition) is 3. The van der Waals surface area contributed by atoms with Crippen LogP contribution in [0.15, 0.2) is 4.99 Å². The van der Waals surface area contributed by atoms with E-state index in [1.54, 1.807) is 19.0 Å². The van der Waals surface area contributed by atoms with Gasteiger partial charge in [0.25, 0.3) is 0 Å². The second-order valence-electron chi connectivity index (χ2n) is 6.78. The van der Waals surface area contributed by atoms with Crippen molar-refractivity contribution >= 4 is 11.9 Å². The quantitative estimate of drug-likeness (QED) is 0.605. The molecule has 1 amide bonds. The standard InChI is InChI=1S/C17H33N5O/c1-4-21-12-8-9-15(21)13-18-17(19-14-16(23)20(2)3)22-10-6-5-7-11-22/h15H,4-14H2,1-3H3,(H,18,19). The lowest BCUT2D eigenvalue weighted by Gasteiger charge is -2.32. The molecule has 6 nitrogen and oxygen atoms in total. The van der Waals surface area contributed by atoms with Crippen LogP contribution in [0.1, 0.15) is 39.0 Å². The number of aliphatic imine (C=N–C) groups is 1. The fourth-order valence-corrected chi connectivity index (χ4v) is 3.41. The van der Waals surface area contributed by atoms with E-state index in [4.69, 9.17) is 0 Å². The van der Waals surface area contributed by atoms with Gasteiger partial charge >= 0.3 is 0 Å². The summed E-state index contributed by atoms with van der Waals surface area (Å²) >= 11 is 0. The van der Waals surface area contributed by atoms with Gasteiger partial charge in [0.1, 0.15) is 6.54 Å². The Hall–Kier alpha value is -1.30. The topological polar surface area (TPSA) is 51.2 Å². The lowest BCUT2D eigenvalue weighted by atomic mass is 10.1. The Bertz CT molecular complexity index is 404. The Morgan fingerprint density at radius 3 is 2.57 bits per heavy atom. The summed E-state index contributed by atoms with van der Waals surface area (Å²) in [7, 11) is 3.56. The lowest BCUT2D eigenvalue weighted by Crippen LogP contribution is -2.48. The molecule has 23 heavy (non-hydrogen) atoms. The first kappa shape index (κ1) is 18.0. The van der Waals surface area contributed by atoms with Crippen LogP contribution in [-0.2, 0) is 4.79 Å². The van der Waals surface area contributed by atoms with E-state index in [-0.39, 0.29) is 12.5 Å². The van der Waals surface area contributed by atoms with Gasteiger partial charge in [0, 0.05) is 39.8 Å². The average Bonchev–Trinajstić information content (AvgIpc) is 3.02. The van der Waals surface area contributed by atoms with Gasteiger partial charge in [-0.1, -0.05) is 6.92 Å². The predicted molar refractivity (Wildman–Crippen MR) is 94.7 cm³/mol. The van der Waals surface area contributed by atoms with Crippen LogP contribution in [0, 0.1) is 0 Å². The maximum atomic E-state index is 11.9. The molecule has 2 aliphatic rings. The molecule has 0 spiro atoms. The highest BCUT2D eigenvalue weighted by atomic mass is 16.2. The molecule has 0 aromatic rings. The Kier molecular flexibility index (Phi) is 7.15. The summed E-state index contributed by atoms with van der Waals surface area (Å²) in [5.74, 6) is 0.972. The number of carbonyl (C=O) groups excluding carboxylic acids is 1. The average molecular weight is 323 g/mol. The number of rotatable bonds is 5. The van der Waals surface area contributed by atoms with Gasteiger partial charge in [-0.15, -0.1) is 0 Å². The maximum Gasteiger partial charge on any atom is 0.243 e. The molecule has 0 aromatic heterocycles. The zero-order chi connectivity index (χ0) is 16.7. The van der Waals surface area contributed by atoms with Gasteiger partial charge in [-0.2, -0.15) is 0 Å². The zero-order valence-electron chi connectivity index (χ0n) is 15.1. The molecule has 2 heterocycles. The Balaban J connectivity index is 1.94. The number of amides is 1. The highest BCUT2D eigenvalue weighted by Crippen LogP contribution is 2.16. The van der Waals surface area contributed by atoms with Crippen molar-refractivity contribution in [1.82, 2.24) is 20.0 Å². The number of nitrogens with one attached hydrogen (secondary N) is 1. The van der Waals surface area contributed by atoms with Crippen LogP contribution in [0.2, 0.25) is 0 Å². The third-order valence-electron chi connectivity index (χ3n) is 4.92. The number of likely N-dealkylation sites (tertiary alicyclic amines) is 2. The van der Waals surface area contributed by atoms with E-state index in [2.05, 4.69) is 27.0 Å². The fourth-order valence-electron chi connectivity index (χ4n) is 3.41. The van der Waals surface area contributed by atoms with Crippen LogP contribution in [0.25, 0.3) is 0 Å². The number of piperidine rings is 1. The molecule has 2 saturated heterocycles. The molecule has 132 valence electrons. The first-order valence-electron chi connectivity index (χ1n) is 9.09. The van der Waals surface area contributed by atoms with Crippen LogP contribution in [0.5, 0.6) is 0 Å². The van der Waals surface area contributed by atoms with E-state index in [1.807, 2.05) is 0 Å². The molecule has 0 aliphatic carbocycles. The van der Waals surface area contributed by atoms with Crippen LogP contribution >= 0.6 is 0 Å². The molecule has 2 aliphatic heterocycles. The van der Waals surface area contributed by atoms with Gasteiger partial charge in [0.15, 0.2) is 5.96 Å². The molecular formula is C17H33N5O.